The number of carboxylic acid groups (broad SMARTS) is 1. The van der Waals surface area contributed by atoms with Gasteiger partial charge < -0.3 is 15.3 Å². The Morgan fingerprint density at radius 3 is 2.55 bits per heavy atom. The molecule has 0 aliphatic carbocycles. The molecule has 0 atom stereocenters. The van der Waals surface area contributed by atoms with Gasteiger partial charge in [0, 0.05) is 24.8 Å². The third-order valence-corrected chi connectivity index (χ3v) is 3.31. The first-order chi connectivity index (χ1) is 10.5. The molecule has 0 bridgehead atoms. The molecule has 6 heteroatoms. The van der Waals surface area contributed by atoms with Crippen LogP contribution >= 0.6 is 0 Å². The van der Waals surface area contributed by atoms with E-state index in [4.69, 9.17) is 0 Å². The quantitative estimate of drug-likeness (QED) is 0.853. The van der Waals surface area contributed by atoms with Crippen LogP contribution in [0.15, 0.2) is 30.3 Å². The predicted octanol–water partition coefficient (Wildman–Crippen LogP) is 3.07. The fourth-order valence-corrected chi connectivity index (χ4v) is 2.18. The molecule has 1 heterocycles. The smallest absolute Gasteiger partial charge is 0.337 e. The Bertz CT molecular complexity index is 669. The average molecular weight is 300 g/mol. The maximum atomic E-state index is 11.3. The number of aryl methyl sites for hydroxylation is 1. The summed E-state index contributed by atoms with van der Waals surface area (Å²) in [6.45, 7) is 7.60. The molecule has 0 radical (unpaired) electrons. The van der Waals surface area contributed by atoms with E-state index >= 15 is 0 Å². The topological polar surface area (TPSA) is 78.4 Å². The second-order valence-corrected chi connectivity index (χ2v) is 4.84. The average Bonchev–Trinajstić information content (AvgIpc) is 2.48. The lowest BCUT2D eigenvalue weighted by Crippen LogP contribution is -2.24. The maximum Gasteiger partial charge on any atom is 0.337 e. The van der Waals surface area contributed by atoms with Crippen LogP contribution in [0.2, 0.25) is 0 Å². The Morgan fingerprint density at radius 2 is 1.91 bits per heavy atom. The number of hydrogen-bond donors (Lipinski definition) is 2. The van der Waals surface area contributed by atoms with Gasteiger partial charge in [0.2, 0.25) is 5.95 Å². The zero-order valence-electron chi connectivity index (χ0n) is 13.0. The first-order valence-corrected chi connectivity index (χ1v) is 7.25. The van der Waals surface area contributed by atoms with E-state index < -0.39 is 5.97 Å². The third kappa shape index (κ3) is 3.52. The summed E-state index contributed by atoms with van der Waals surface area (Å²) in [4.78, 5) is 22.2. The summed E-state index contributed by atoms with van der Waals surface area (Å²) >= 11 is 0. The molecule has 0 amide bonds. The Kier molecular flexibility index (Phi) is 4.93. The number of aromatic nitrogens is 2. The number of nitrogens with one attached hydrogen (secondary N) is 1. The monoisotopic (exact) mass is 300 g/mol. The molecule has 2 rings (SSSR count). The van der Waals surface area contributed by atoms with Crippen molar-refractivity contribution in [1.82, 2.24) is 9.97 Å². The van der Waals surface area contributed by atoms with Crippen LogP contribution in [-0.2, 0) is 0 Å². The van der Waals surface area contributed by atoms with Gasteiger partial charge in [-0.25, -0.2) is 9.78 Å². The van der Waals surface area contributed by atoms with E-state index in [-0.39, 0.29) is 5.56 Å². The Hall–Kier alpha value is -2.63. The van der Waals surface area contributed by atoms with E-state index in [1.54, 1.807) is 30.3 Å². The number of carboxylic acids is 1. The molecule has 22 heavy (non-hydrogen) atoms. The van der Waals surface area contributed by atoms with E-state index in [0.29, 0.717) is 17.5 Å². The number of carbonyl (C=O) groups is 1. The van der Waals surface area contributed by atoms with Crippen molar-refractivity contribution in [1.29, 1.82) is 0 Å². The summed E-state index contributed by atoms with van der Waals surface area (Å²) in [6.07, 6.45) is 0. The van der Waals surface area contributed by atoms with Gasteiger partial charge in [0.1, 0.15) is 5.82 Å². The van der Waals surface area contributed by atoms with Gasteiger partial charge in [-0.2, -0.15) is 4.98 Å². The lowest BCUT2D eigenvalue weighted by Gasteiger charge is -2.20. The van der Waals surface area contributed by atoms with Crippen LogP contribution in [0.5, 0.6) is 0 Å². The third-order valence-electron chi connectivity index (χ3n) is 3.31. The molecule has 0 saturated heterocycles. The van der Waals surface area contributed by atoms with Crippen molar-refractivity contribution >= 4 is 23.4 Å². The van der Waals surface area contributed by atoms with E-state index in [9.17, 15) is 9.90 Å². The van der Waals surface area contributed by atoms with E-state index in [0.717, 1.165) is 18.8 Å². The fourth-order valence-electron chi connectivity index (χ4n) is 2.18. The van der Waals surface area contributed by atoms with E-state index in [1.807, 2.05) is 25.7 Å². The molecule has 1 aromatic heterocycles. The number of benzene rings is 1. The zero-order valence-corrected chi connectivity index (χ0v) is 13.0. The van der Waals surface area contributed by atoms with Gasteiger partial charge in [0.15, 0.2) is 0 Å². The standard InChI is InChI=1S/C16H20N4O2/c1-4-20(5-2)16-17-11(3)10-14(19-16)18-13-9-7-6-8-12(13)15(21)22/h6-10H,4-5H2,1-3H3,(H,21,22)(H,17,18,19). The van der Waals surface area contributed by atoms with Gasteiger partial charge >= 0.3 is 5.97 Å². The molecule has 1 aromatic carbocycles. The number of nitrogens with zero attached hydrogens (tertiary/aromatic N) is 3. The van der Waals surface area contributed by atoms with Crippen LogP contribution in [-0.4, -0.2) is 34.1 Å². The van der Waals surface area contributed by atoms with Crippen molar-refractivity contribution in [2.75, 3.05) is 23.3 Å². The molecular weight excluding hydrogens is 280 g/mol. The van der Waals surface area contributed by atoms with Crippen LogP contribution in [0.1, 0.15) is 29.9 Å². The molecule has 2 N–H and O–H groups in total. The highest BCUT2D eigenvalue weighted by atomic mass is 16.4. The molecule has 0 spiro atoms. The van der Waals surface area contributed by atoms with Crippen molar-refractivity contribution in [3.63, 3.8) is 0 Å². The summed E-state index contributed by atoms with van der Waals surface area (Å²) in [6, 6.07) is 8.56. The summed E-state index contributed by atoms with van der Waals surface area (Å²) in [5, 5.41) is 12.3. The Morgan fingerprint density at radius 1 is 1.23 bits per heavy atom. The number of hydrogen-bond acceptors (Lipinski definition) is 5. The zero-order chi connectivity index (χ0) is 16.1. The first-order valence-electron chi connectivity index (χ1n) is 7.25. The SMILES string of the molecule is CCN(CC)c1nc(C)cc(Nc2ccccc2C(=O)O)n1. The van der Waals surface area contributed by atoms with Crippen LogP contribution in [0, 0.1) is 6.92 Å². The Balaban J connectivity index is 2.36. The first kappa shape index (κ1) is 15.8. The number of para-hydroxylation sites is 1. The summed E-state index contributed by atoms with van der Waals surface area (Å²) in [7, 11) is 0. The minimum absolute atomic E-state index is 0.211. The number of anilines is 3. The van der Waals surface area contributed by atoms with Gasteiger partial charge in [-0.3, -0.25) is 0 Å². The summed E-state index contributed by atoms with van der Waals surface area (Å²) in [5.74, 6) is 0.251. The molecular formula is C16H20N4O2. The van der Waals surface area contributed by atoms with Crippen molar-refractivity contribution in [2.45, 2.75) is 20.8 Å². The van der Waals surface area contributed by atoms with Gasteiger partial charge in [-0.15, -0.1) is 0 Å². The van der Waals surface area contributed by atoms with Crippen molar-refractivity contribution in [3.8, 4) is 0 Å². The molecule has 0 aliphatic heterocycles. The molecule has 6 nitrogen and oxygen atoms in total. The molecule has 116 valence electrons. The highest BCUT2D eigenvalue weighted by molar-refractivity contribution is 5.95. The van der Waals surface area contributed by atoms with Gasteiger partial charge in [-0.1, -0.05) is 12.1 Å². The lowest BCUT2D eigenvalue weighted by molar-refractivity contribution is 0.0698. The Labute approximate surface area is 129 Å². The van der Waals surface area contributed by atoms with Crippen LogP contribution in [0.4, 0.5) is 17.5 Å². The van der Waals surface area contributed by atoms with Crippen LogP contribution in [0.3, 0.4) is 0 Å². The van der Waals surface area contributed by atoms with Crippen molar-refractivity contribution in [2.24, 2.45) is 0 Å². The highest BCUT2D eigenvalue weighted by Gasteiger charge is 2.12. The predicted molar refractivity (Wildman–Crippen MR) is 87.0 cm³/mol. The van der Waals surface area contributed by atoms with E-state index in [2.05, 4.69) is 15.3 Å². The molecule has 2 aromatic rings. The highest BCUT2D eigenvalue weighted by Crippen LogP contribution is 2.21. The minimum Gasteiger partial charge on any atom is -0.478 e. The normalized spacial score (nSPS) is 10.3. The maximum absolute atomic E-state index is 11.3. The number of aromatic carboxylic acids is 1. The lowest BCUT2D eigenvalue weighted by atomic mass is 10.2. The summed E-state index contributed by atoms with van der Waals surface area (Å²) in [5.41, 5.74) is 1.55. The van der Waals surface area contributed by atoms with Gasteiger partial charge in [-0.05, 0) is 32.9 Å². The van der Waals surface area contributed by atoms with Crippen molar-refractivity contribution < 1.29 is 9.90 Å². The van der Waals surface area contributed by atoms with Crippen LogP contribution in [0.25, 0.3) is 0 Å². The summed E-state index contributed by atoms with van der Waals surface area (Å²) < 4.78 is 0. The molecule has 0 saturated carbocycles. The number of rotatable bonds is 6. The molecule has 0 unspecified atom stereocenters. The van der Waals surface area contributed by atoms with Gasteiger partial charge in [0.25, 0.3) is 0 Å². The minimum atomic E-state index is -0.974. The second-order valence-electron chi connectivity index (χ2n) is 4.84. The molecule has 0 aliphatic rings. The second kappa shape index (κ2) is 6.89. The van der Waals surface area contributed by atoms with Crippen LogP contribution < -0.4 is 10.2 Å². The van der Waals surface area contributed by atoms with E-state index in [1.165, 1.54) is 0 Å². The van der Waals surface area contributed by atoms with Crippen molar-refractivity contribution in [3.05, 3.63) is 41.6 Å². The molecule has 0 fully saturated rings. The fraction of sp³-hybridized carbons (Fsp3) is 0.312. The van der Waals surface area contributed by atoms with Gasteiger partial charge in [0.05, 0.1) is 11.3 Å². The largest absolute Gasteiger partial charge is 0.478 e.